The summed E-state index contributed by atoms with van der Waals surface area (Å²) in [5, 5.41) is 0. The van der Waals surface area contributed by atoms with Crippen molar-refractivity contribution in [1.29, 1.82) is 0 Å². The van der Waals surface area contributed by atoms with E-state index in [1.807, 2.05) is 49.4 Å². The van der Waals surface area contributed by atoms with Crippen molar-refractivity contribution in [3.8, 4) is 0 Å². The minimum absolute atomic E-state index is 0.173. The maximum atomic E-state index is 13.6. The molecule has 0 N–H and O–H groups in total. The molecule has 2 rings (SSSR count). The molecule has 2 aromatic rings. The van der Waals surface area contributed by atoms with E-state index in [0.29, 0.717) is 18.8 Å². The van der Waals surface area contributed by atoms with Crippen molar-refractivity contribution in [2.45, 2.75) is 44.5 Å². The third kappa shape index (κ3) is 7.28. The maximum Gasteiger partial charge on any atom is 0.311 e. The molecule has 0 heterocycles. The zero-order chi connectivity index (χ0) is 22.0. The van der Waals surface area contributed by atoms with E-state index < -0.39 is 18.8 Å². The fourth-order valence-electron chi connectivity index (χ4n) is 3.20. The van der Waals surface area contributed by atoms with Crippen molar-refractivity contribution in [3.05, 3.63) is 83.4 Å². The first kappa shape index (κ1) is 24.1. The number of hydrogen-bond acceptors (Lipinski definition) is 1. The van der Waals surface area contributed by atoms with E-state index in [1.54, 1.807) is 18.2 Å². The molecule has 1 nitrogen and oxygen atoms in total. The maximum absolute atomic E-state index is 13.6. The van der Waals surface area contributed by atoms with Crippen LogP contribution in [0.2, 0.25) is 0 Å². The van der Waals surface area contributed by atoms with Gasteiger partial charge in [0.15, 0.2) is 0 Å². The lowest BCUT2D eigenvalue weighted by Gasteiger charge is -2.21. The third-order valence-corrected chi connectivity index (χ3v) is 4.83. The predicted molar refractivity (Wildman–Crippen MR) is 116 cm³/mol. The standard InChI is InChI=1S/C24H26ClF4N/c1-2-14-30-22(12-7-13-25)21(16-18-8-4-3-5-9-18)20-11-6-10-19(15-20)17-24(28,29)23(26)27/h3-12,15,21,23H,2,13-14,16-17H2,1H3/b12-7-,30-22?. The largest absolute Gasteiger partial charge is 0.311 e. The average molecular weight is 440 g/mol. The predicted octanol–water partition coefficient (Wildman–Crippen LogP) is 7.10. The first-order valence-corrected chi connectivity index (χ1v) is 10.5. The van der Waals surface area contributed by atoms with Crippen LogP contribution in [0.5, 0.6) is 0 Å². The van der Waals surface area contributed by atoms with Gasteiger partial charge in [-0.1, -0.05) is 67.6 Å². The quantitative estimate of drug-likeness (QED) is 0.201. The Balaban J connectivity index is 2.45. The molecule has 162 valence electrons. The van der Waals surface area contributed by atoms with Gasteiger partial charge in [-0.3, -0.25) is 4.99 Å². The lowest BCUT2D eigenvalue weighted by atomic mass is 9.86. The molecule has 0 saturated heterocycles. The van der Waals surface area contributed by atoms with E-state index in [0.717, 1.165) is 23.3 Å². The highest BCUT2D eigenvalue weighted by molar-refractivity contribution is 6.19. The van der Waals surface area contributed by atoms with Crippen LogP contribution in [-0.2, 0) is 12.8 Å². The summed E-state index contributed by atoms with van der Waals surface area (Å²) in [5.74, 6) is -3.95. The second-order valence-electron chi connectivity index (χ2n) is 7.09. The van der Waals surface area contributed by atoms with Gasteiger partial charge in [0.2, 0.25) is 0 Å². The average Bonchev–Trinajstić information content (AvgIpc) is 2.73. The normalized spacial score (nSPS) is 13.9. The highest BCUT2D eigenvalue weighted by Crippen LogP contribution is 2.30. The van der Waals surface area contributed by atoms with E-state index in [4.69, 9.17) is 11.6 Å². The molecule has 1 unspecified atom stereocenters. The van der Waals surface area contributed by atoms with E-state index >= 15 is 0 Å². The van der Waals surface area contributed by atoms with Gasteiger partial charge in [-0.15, -0.1) is 11.6 Å². The number of halogens is 5. The Hall–Kier alpha value is -2.14. The van der Waals surface area contributed by atoms with E-state index in [9.17, 15) is 17.6 Å². The van der Waals surface area contributed by atoms with Gasteiger partial charge in [0.25, 0.3) is 0 Å². The van der Waals surface area contributed by atoms with Crippen LogP contribution in [0.4, 0.5) is 17.6 Å². The van der Waals surface area contributed by atoms with Crippen LogP contribution >= 0.6 is 11.6 Å². The van der Waals surface area contributed by atoms with Crippen LogP contribution in [0.15, 0.2) is 71.7 Å². The zero-order valence-corrected chi connectivity index (χ0v) is 17.6. The van der Waals surface area contributed by atoms with Crippen molar-refractivity contribution in [1.82, 2.24) is 0 Å². The molecule has 2 aromatic carbocycles. The summed E-state index contributed by atoms with van der Waals surface area (Å²) in [6.07, 6.45) is 0.408. The lowest BCUT2D eigenvalue weighted by Crippen LogP contribution is -2.29. The van der Waals surface area contributed by atoms with E-state index in [2.05, 4.69) is 4.99 Å². The molecule has 0 fully saturated rings. The molecule has 0 aliphatic rings. The molecule has 30 heavy (non-hydrogen) atoms. The molecule has 0 saturated carbocycles. The summed E-state index contributed by atoms with van der Waals surface area (Å²) >= 11 is 5.82. The van der Waals surface area contributed by atoms with Crippen LogP contribution in [0.3, 0.4) is 0 Å². The summed E-state index contributed by atoms with van der Waals surface area (Å²) in [7, 11) is 0. The van der Waals surface area contributed by atoms with Gasteiger partial charge in [0.05, 0.1) is 0 Å². The Morgan fingerprint density at radius 3 is 2.40 bits per heavy atom. The van der Waals surface area contributed by atoms with Crippen LogP contribution in [0, 0.1) is 0 Å². The number of aliphatic imine (C=N–C) groups is 1. The van der Waals surface area contributed by atoms with Crippen LogP contribution in [-0.4, -0.2) is 30.5 Å². The van der Waals surface area contributed by atoms with Gasteiger partial charge in [-0.05, 0) is 35.6 Å². The van der Waals surface area contributed by atoms with Crippen LogP contribution < -0.4 is 0 Å². The second kappa shape index (κ2) is 11.9. The fourth-order valence-corrected chi connectivity index (χ4v) is 3.29. The summed E-state index contributed by atoms with van der Waals surface area (Å²) < 4.78 is 52.5. The van der Waals surface area contributed by atoms with E-state index in [-0.39, 0.29) is 11.5 Å². The molecule has 0 bridgehead atoms. The highest BCUT2D eigenvalue weighted by atomic mass is 35.5. The molecule has 0 aliphatic heterocycles. The zero-order valence-electron chi connectivity index (χ0n) is 16.9. The van der Waals surface area contributed by atoms with Gasteiger partial charge in [-0.2, -0.15) is 8.78 Å². The minimum Gasteiger partial charge on any atom is -0.289 e. The monoisotopic (exact) mass is 439 g/mol. The minimum atomic E-state index is -4.06. The van der Waals surface area contributed by atoms with Crippen molar-refractivity contribution in [2.24, 2.45) is 4.99 Å². The summed E-state index contributed by atoms with van der Waals surface area (Å²) in [6, 6.07) is 16.3. The third-order valence-electron chi connectivity index (χ3n) is 4.65. The first-order chi connectivity index (χ1) is 14.4. The Morgan fingerprint density at radius 2 is 1.77 bits per heavy atom. The number of nitrogens with zero attached hydrogens (tertiary/aromatic N) is 1. The van der Waals surface area contributed by atoms with Gasteiger partial charge in [-0.25, -0.2) is 8.78 Å². The van der Waals surface area contributed by atoms with Gasteiger partial charge < -0.3 is 0 Å². The number of benzene rings is 2. The summed E-state index contributed by atoms with van der Waals surface area (Å²) in [5.41, 5.74) is 2.79. The highest BCUT2D eigenvalue weighted by Gasteiger charge is 2.40. The SMILES string of the molecule is CCCN=C(/C=C\CCl)C(Cc1ccccc1)c1cccc(CC(F)(F)C(F)F)c1. The molecule has 6 heteroatoms. The van der Waals surface area contributed by atoms with Crippen LogP contribution in [0.25, 0.3) is 0 Å². The molecule has 0 aromatic heterocycles. The van der Waals surface area contributed by atoms with Gasteiger partial charge in [0.1, 0.15) is 0 Å². The number of rotatable bonds is 11. The Kier molecular flexibility index (Phi) is 9.57. The van der Waals surface area contributed by atoms with Crippen molar-refractivity contribution in [2.75, 3.05) is 12.4 Å². The Labute approximate surface area is 180 Å². The van der Waals surface area contributed by atoms with Crippen LogP contribution in [0.1, 0.15) is 36.0 Å². The smallest absolute Gasteiger partial charge is 0.289 e. The van der Waals surface area contributed by atoms with E-state index in [1.165, 1.54) is 6.07 Å². The molecular formula is C24H26ClF4N. The Morgan fingerprint density at radius 1 is 1.07 bits per heavy atom. The molecule has 1 atom stereocenters. The topological polar surface area (TPSA) is 12.4 Å². The number of alkyl halides is 5. The summed E-state index contributed by atoms with van der Waals surface area (Å²) in [4.78, 5) is 4.69. The van der Waals surface area contributed by atoms with Gasteiger partial charge in [0, 0.05) is 30.5 Å². The molecule has 0 radical (unpaired) electrons. The number of allylic oxidation sites excluding steroid dienone is 2. The number of hydrogen-bond donors (Lipinski definition) is 0. The molecule has 0 aliphatic carbocycles. The molecule has 0 spiro atoms. The lowest BCUT2D eigenvalue weighted by molar-refractivity contribution is -0.127. The first-order valence-electron chi connectivity index (χ1n) is 9.93. The molecule has 0 amide bonds. The van der Waals surface area contributed by atoms with Crippen molar-refractivity contribution in [3.63, 3.8) is 0 Å². The fraction of sp³-hybridized carbons (Fsp3) is 0.375. The summed E-state index contributed by atoms with van der Waals surface area (Å²) in [6.45, 7) is 2.64. The van der Waals surface area contributed by atoms with Crippen molar-refractivity contribution >= 4 is 17.3 Å². The van der Waals surface area contributed by atoms with Crippen molar-refractivity contribution < 1.29 is 17.6 Å². The van der Waals surface area contributed by atoms with Gasteiger partial charge >= 0.3 is 12.3 Å². The Bertz CT molecular complexity index is 834. The molecular weight excluding hydrogens is 414 g/mol. The second-order valence-corrected chi connectivity index (χ2v) is 7.40.